The third-order valence-corrected chi connectivity index (χ3v) is 3.34. The smallest absolute Gasteiger partial charge is 0.410 e. The van der Waals surface area contributed by atoms with E-state index in [1.54, 1.807) is 11.8 Å². The van der Waals surface area contributed by atoms with Gasteiger partial charge in [-0.3, -0.25) is 9.69 Å². The summed E-state index contributed by atoms with van der Waals surface area (Å²) in [4.78, 5) is 25.5. The minimum atomic E-state index is -0.379. The van der Waals surface area contributed by atoms with E-state index in [4.69, 9.17) is 4.74 Å². The summed E-state index contributed by atoms with van der Waals surface area (Å²) >= 11 is 0. The lowest BCUT2D eigenvalue weighted by molar-refractivity contribution is -0.126. The van der Waals surface area contributed by atoms with Gasteiger partial charge in [0.05, 0.1) is 12.6 Å². The van der Waals surface area contributed by atoms with Crippen molar-refractivity contribution >= 4 is 11.9 Å². The predicted molar refractivity (Wildman–Crippen MR) is 71.9 cm³/mol. The van der Waals surface area contributed by atoms with Crippen molar-refractivity contribution < 1.29 is 14.3 Å². The average Bonchev–Trinajstić information content (AvgIpc) is 2.42. The van der Waals surface area contributed by atoms with Crippen LogP contribution in [-0.4, -0.2) is 36.0 Å². The molecule has 102 valence electrons. The number of carbonyl (C=O) groups is 2. The van der Waals surface area contributed by atoms with Gasteiger partial charge < -0.3 is 4.74 Å². The lowest BCUT2D eigenvalue weighted by Crippen LogP contribution is -2.50. The third-order valence-electron chi connectivity index (χ3n) is 3.34. The summed E-state index contributed by atoms with van der Waals surface area (Å²) in [6.45, 7) is 2.71. The lowest BCUT2D eigenvalue weighted by Gasteiger charge is -2.33. The third kappa shape index (κ3) is 3.34. The van der Waals surface area contributed by atoms with Gasteiger partial charge in [-0.05, 0) is 18.9 Å². The molecule has 0 bridgehead atoms. The van der Waals surface area contributed by atoms with E-state index in [0.717, 1.165) is 12.0 Å². The first kappa shape index (κ1) is 13.6. The fourth-order valence-electron chi connectivity index (χ4n) is 2.41. The van der Waals surface area contributed by atoms with Crippen LogP contribution in [0.15, 0.2) is 30.3 Å². The molecule has 0 saturated carbocycles. The second-order valence-corrected chi connectivity index (χ2v) is 4.67. The summed E-state index contributed by atoms with van der Waals surface area (Å²) < 4.78 is 5.03. The van der Waals surface area contributed by atoms with E-state index in [1.165, 1.54) is 0 Å². The van der Waals surface area contributed by atoms with Crippen molar-refractivity contribution in [1.29, 1.82) is 0 Å². The zero-order chi connectivity index (χ0) is 13.7. The molecule has 1 aliphatic rings. The van der Waals surface area contributed by atoms with Crippen LogP contribution in [0.3, 0.4) is 0 Å². The number of Topliss-reactive ketones (excluding diaryl/α,β-unsaturated/α-hetero) is 1. The summed E-state index contributed by atoms with van der Waals surface area (Å²) in [5, 5.41) is 0. The fourth-order valence-corrected chi connectivity index (χ4v) is 2.41. The number of ketones is 1. The molecular formula is C15H19NO3. The molecule has 0 spiro atoms. The SMILES string of the molecule is CCOC(=O)N1CCCC(=O)C1Cc1ccccc1. The Hall–Kier alpha value is -1.84. The van der Waals surface area contributed by atoms with Crippen molar-refractivity contribution in [2.45, 2.75) is 32.2 Å². The lowest BCUT2D eigenvalue weighted by atomic mass is 9.95. The van der Waals surface area contributed by atoms with E-state index >= 15 is 0 Å². The molecule has 2 rings (SSSR count). The van der Waals surface area contributed by atoms with Crippen molar-refractivity contribution in [3.63, 3.8) is 0 Å². The first-order valence-corrected chi connectivity index (χ1v) is 6.72. The van der Waals surface area contributed by atoms with Crippen LogP contribution in [0.2, 0.25) is 0 Å². The Morgan fingerprint density at radius 1 is 1.37 bits per heavy atom. The van der Waals surface area contributed by atoms with Crippen LogP contribution >= 0.6 is 0 Å². The number of likely N-dealkylation sites (tertiary alicyclic amines) is 1. The molecule has 1 aromatic rings. The Labute approximate surface area is 113 Å². The number of nitrogens with zero attached hydrogens (tertiary/aromatic N) is 1. The second kappa shape index (κ2) is 6.36. The van der Waals surface area contributed by atoms with E-state index in [0.29, 0.717) is 26.0 Å². The number of amides is 1. The maximum atomic E-state index is 12.1. The molecule has 1 saturated heterocycles. The molecule has 0 aliphatic carbocycles. The highest BCUT2D eigenvalue weighted by Crippen LogP contribution is 2.19. The normalized spacial score (nSPS) is 19.3. The summed E-state index contributed by atoms with van der Waals surface area (Å²) in [6, 6.07) is 9.40. The molecule has 0 N–H and O–H groups in total. The van der Waals surface area contributed by atoms with E-state index in [2.05, 4.69) is 0 Å². The summed E-state index contributed by atoms with van der Waals surface area (Å²) in [5.41, 5.74) is 1.07. The molecule has 19 heavy (non-hydrogen) atoms. The van der Waals surface area contributed by atoms with Crippen LogP contribution in [0.4, 0.5) is 4.79 Å². The largest absolute Gasteiger partial charge is 0.450 e. The molecule has 1 amide bonds. The van der Waals surface area contributed by atoms with Crippen molar-refractivity contribution in [3.8, 4) is 0 Å². The highest BCUT2D eigenvalue weighted by atomic mass is 16.6. The van der Waals surface area contributed by atoms with Gasteiger partial charge in [0.1, 0.15) is 0 Å². The summed E-state index contributed by atoms with van der Waals surface area (Å²) in [7, 11) is 0. The number of piperidine rings is 1. The molecule has 1 atom stereocenters. The molecule has 0 radical (unpaired) electrons. The van der Waals surface area contributed by atoms with Crippen LogP contribution in [0.25, 0.3) is 0 Å². The van der Waals surface area contributed by atoms with Crippen LogP contribution < -0.4 is 0 Å². The molecule has 0 aromatic heterocycles. The Bertz CT molecular complexity index is 444. The predicted octanol–water partition coefficient (Wildman–Crippen LogP) is 2.42. The minimum Gasteiger partial charge on any atom is -0.450 e. The van der Waals surface area contributed by atoms with Gasteiger partial charge >= 0.3 is 6.09 Å². The highest BCUT2D eigenvalue weighted by Gasteiger charge is 2.33. The topological polar surface area (TPSA) is 46.6 Å². The highest BCUT2D eigenvalue weighted by molar-refractivity contribution is 5.88. The molecule has 1 heterocycles. The number of ether oxygens (including phenoxy) is 1. The van der Waals surface area contributed by atoms with Gasteiger partial charge in [0.25, 0.3) is 0 Å². The molecule has 1 aromatic carbocycles. The molecule has 4 heteroatoms. The van der Waals surface area contributed by atoms with Crippen molar-refractivity contribution in [2.24, 2.45) is 0 Å². The monoisotopic (exact) mass is 261 g/mol. The van der Waals surface area contributed by atoms with E-state index in [1.807, 2.05) is 30.3 Å². The Morgan fingerprint density at radius 3 is 2.79 bits per heavy atom. The van der Waals surface area contributed by atoms with E-state index in [9.17, 15) is 9.59 Å². The Balaban J connectivity index is 2.12. The van der Waals surface area contributed by atoms with Gasteiger partial charge in [-0.1, -0.05) is 30.3 Å². The number of hydrogen-bond acceptors (Lipinski definition) is 3. The number of rotatable bonds is 3. The minimum absolute atomic E-state index is 0.128. The number of hydrogen-bond donors (Lipinski definition) is 0. The fraction of sp³-hybridized carbons (Fsp3) is 0.467. The molecule has 1 unspecified atom stereocenters. The van der Waals surface area contributed by atoms with Crippen LogP contribution in [0.1, 0.15) is 25.3 Å². The maximum absolute atomic E-state index is 12.1. The van der Waals surface area contributed by atoms with Crippen LogP contribution in [0.5, 0.6) is 0 Å². The first-order valence-electron chi connectivity index (χ1n) is 6.72. The van der Waals surface area contributed by atoms with Crippen molar-refractivity contribution in [3.05, 3.63) is 35.9 Å². The van der Waals surface area contributed by atoms with Gasteiger partial charge in [0, 0.05) is 19.4 Å². The van der Waals surface area contributed by atoms with Gasteiger partial charge in [-0.2, -0.15) is 0 Å². The van der Waals surface area contributed by atoms with E-state index < -0.39 is 0 Å². The maximum Gasteiger partial charge on any atom is 0.410 e. The first-order chi connectivity index (χ1) is 9.22. The Morgan fingerprint density at radius 2 is 2.11 bits per heavy atom. The van der Waals surface area contributed by atoms with Gasteiger partial charge in [-0.25, -0.2) is 4.79 Å². The van der Waals surface area contributed by atoms with Crippen molar-refractivity contribution in [2.75, 3.05) is 13.2 Å². The molecular weight excluding hydrogens is 242 g/mol. The van der Waals surface area contributed by atoms with Gasteiger partial charge in [0.2, 0.25) is 0 Å². The second-order valence-electron chi connectivity index (χ2n) is 4.67. The molecule has 1 aliphatic heterocycles. The summed E-state index contributed by atoms with van der Waals surface area (Å²) in [6.07, 6.45) is 1.46. The standard InChI is InChI=1S/C15H19NO3/c1-2-19-15(18)16-10-6-9-14(17)13(16)11-12-7-4-3-5-8-12/h3-5,7-8,13H,2,6,9-11H2,1H3. The van der Waals surface area contributed by atoms with Gasteiger partial charge in [-0.15, -0.1) is 0 Å². The zero-order valence-corrected chi connectivity index (χ0v) is 11.2. The van der Waals surface area contributed by atoms with Crippen LogP contribution in [0, 0.1) is 0 Å². The summed E-state index contributed by atoms with van der Waals surface area (Å²) in [5.74, 6) is 0.128. The quantitative estimate of drug-likeness (QED) is 0.839. The zero-order valence-electron chi connectivity index (χ0n) is 11.2. The molecule has 1 fully saturated rings. The van der Waals surface area contributed by atoms with Gasteiger partial charge in [0.15, 0.2) is 5.78 Å². The average molecular weight is 261 g/mol. The number of benzene rings is 1. The van der Waals surface area contributed by atoms with Crippen LogP contribution in [-0.2, 0) is 16.0 Å². The van der Waals surface area contributed by atoms with E-state index in [-0.39, 0.29) is 17.9 Å². The van der Waals surface area contributed by atoms with Crippen molar-refractivity contribution in [1.82, 2.24) is 4.90 Å². The number of carbonyl (C=O) groups excluding carboxylic acids is 2. The molecule has 4 nitrogen and oxygen atoms in total. The Kier molecular flexibility index (Phi) is 4.55.